The zero-order chi connectivity index (χ0) is 14.4. The zero-order valence-electron chi connectivity index (χ0n) is 10.4. The van der Waals surface area contributed by atoms with Gasteiger partial charge in [-0.1, -0.05) is 24.6 Å². The molecule has 6 nitrogen and oxygen atoms in total. The molecular weight excluding hydrogens is 272 g/mol. The van der Waals surface area contributed by atoms with Crippen LogP contribution in [0.1, 0.15) is 30.1 Å². The van der Waals surface area contributed by atoms with E-state index in [1.807, 2.05) is 6.92 Å². The fourth-order valence-electron chi connectivity index (χ4n) is 1.49. The molecule has 0 aromatic heterocycles. The lowest BCUT2D eigenvalue weighted by molar-refractivity contribution is -0.384. The molecule has 0 saturated heterocycles. The van der Waals surface area contributed by atoms with E-state index in [4.69, 9.17) is 11.6 Å². The molecule has 0 aliphatic heterocycles. The number of benzene rings is 1. The standard InChI is InChI=1S/C12H15ClN2O4/c1-2-8(16)6-7-14-12(17)9-4-3-5-10(11(9)13)15(18)19/h3-5,8,16H,2,6-7H2,1H3,(H,14,17). The smallest absolute Gasteiger partial charge is 0.288 e. The van der Waals surface area contributed by atoms with E-state index in [1.165, 1.54) is 18.2 Å². The van der Waals surface area contributed by atoms with Gasteiger partial charge >= 0.3 is 0 Å². The molecule has 19 heavy (non-hydrogen) atoms. The first-order valence-electron chi connectivity index (χ1n) is 5.86. The number of aliphatic hydroxyl groups excluding tert-OH is 1. The number of hydrogen-bond acceptors (Lipinski definition) is 4. The fourth-order valence-corrected chi connectivity index (χ4v) is 1.77. The topological polar surface area (TPSA) is 92.5 Å². The molecule has 0 aliphatic rings. The van der Waals surface area contributed by atoms with E-state index in [1.54, 1.807) is 0 Å². The number of nitrogens with one attached hydrogen (secondary N) is 1. The average molecular weight is 287 g/mol. The predicted molar refractivity (Wildman–Crippen MR) is 71.4 cm³/mol. The number of carbonyl (C=O) groups is 1. The van der Waals surface area contributed by atoms with E-state index >= 15 is 0 Å². The molecule has 2 N–H and O–H groups in total. The zero-order valence-corrected chi connectivity index (χ0v) is 11.2. The third-order valence-corrected chi connectivity index (χ3v) is 3.05. The lowest BCUT2D eigenvalue weighted by Crippen LogP contribution is -2.27. The molecule has 0 spiro atoms. The Labute approximate surface area is 115 Å². The van der Waals surface area contributed by atoms with E-state index in [0.29, 0.717) is 12.8 Å². The van der Waals surface area contributed by atoms with Crippen LogP contribution in [0.3, 0.4) is 0 Å². The average Bonchev–Trinajstić information content (AvgIpc) is 2.38. The summed E-state index contributed by atoms with van der Waals surface area (Å²) < 4.78 is 0. The summed E-state index contributed by atoms with van der Waals surface area (Å²) in [7, 11) is 0. The Morgan fingerprint density at radius 2 is 2.26 bits per heavy atom. The molecule has 1 unspecified atom stereocenters. The van der Waals surface area contributed by atoms with Gasteiger partial charge in [0.25, 0.3) is 11.6 Å². The monoisotopic (exact) mass is 286 g/mol. The van der Waals surface area contributed by atoms with Crippen molar-refractivity contribution in [2.45, 2.75) is 25.9 Å². The number of hydrogen-bond donors (Lipinski definition) is 2. The first kappa shape index (κ1) is 15.4. The molecule has 0 radical (unpaired) electrons. The van der Waals surface area contributed by atoms with Crippen LogP contribution in [-0.2, 0) is 0 Å². The molecule has 0 fully saturated rings. The molecule has 104 valence electrons. The summed E-state index contributed by atoms with van der Waals surface area (Å²) in [5.74, 6) is -0.489. The largest absolute Gasteiger partial charge is 0.393 e. The molecule has 1 atom stereocenters. The van der Waals surface area contributed by atoms with Crippen molar-refractivity contribution < 1.29 is 14.8 Å². The van der Waals surface area contributed by atoms with E-state index in [2.05, 4.69) is 5.32 Å². The Hall–Kier alpha value is -1.66. The number of nitrogens with zero attached hydrogens (tertiary/aromatic N) is 1. The van der Waals surface area contributed by atoms with Gasteiger partial charge in [-0.25, -0.2) is 0 Å². The van der Waals surface area contributed by atoms with E-state index < -0.39 is 16.9 Å². The minimum absolute atomic E-state index is 0.0573. The molecule has 1 aromatic carbocycles. The summed E-state index contributed by atoms with van der Waals surface area (Å²) in [6, 6.07) is 4.06. The van der Waals surface area contributed by atoms with Gasteiger partial charge in [0, 0.05) is 12.6 Å². The van der Waals surface area contributed by atoms with Crippen LogP contribution in [0.4, 0.5) is 5.69 Å². The van der Waals surface area contributed by atoms with Crippen LogP contribution in [0.5, 0.6) is 0 Å². The van der Waals surface area contributed by atoms with Gasteiger partial charge in [-0.3, -0.25) is 14.9 Å². The van der Waals surface area contributed by atoms with Crippen molar-refractivity contribution in [2.24, 2.45) is 0 Å². The minimum Gasteiger partial charge on any atom is -0.393 e. The second-order valence-electron chi connectivity index (χ2n) is 4.00. The second kappa shape index (κ2) is 7.06. The van der Waals surface area contributed by atoms with Gasteiger partial charge in [0.1, 0.15) is 5.02 Å². The minimum atomic E-state index is -0.639. The molecule has 7 heteroatoms. The number of nitro benzene ring substituents is 1. The van der Waals surface area contributed by atoms with Crippen LogP contribution < -0.4 is 5.32 Å². The number of rotatable bonds is 6. The van der Waals surface area contributed by atoms with Crippen molar-refractivity contribution in [3.63, 3.8) is 0 Å². The molecule has 0 bridgehead atoms. The van der Waals surface area contributed by atoms with Crippen molar-refractivity contribution in [3.8, 4) is 0 Å². The van der Waals surface area contributed by atoms with E-state index in [9.17, 15) is 20.0 Å². The SMILES string of the molecule is CCC(O)CCNC(=O)c1cccc([N+](=O)[O-])c1Cl. The van der Waals surface area contributed by atoms with Gasteiger partial charge in [0.15, 0.2) is 0 Å². The van der Waals surface area contributed by atoms with Gasteiger partial charge in [-0.05, 0) is 18.9 Å². The summed E-state index contributed by atoms with van der Waals surface area (Å²) >= 11 is 5.82. The Morgan fingerprint density at radius 1 is 1.58 bits per heavy atom. The Morgan fingerprint density at radius 3 is 2.84 bits per heavy atom. The third-order valence-electron chi connectivity index (χ3n) is 2.65. The van der Waals surface area contributed by atoms with E-state index in [0.717, 1.165) is 0 Å². The van der Waals surface area contributed by atoms with Gasteiger partial charge < -0.3 is 10.4 Å². The Bertz CT molecular complexity index is 479. The highest BCUT2D eigenvalue weighted by atomic mass is 35.5. The van der Waals surface area contributed by atoms with Crippen LogP contribution in [0.25, 0.3) is 0 Å². The normalized spacial score (nSPS) is 11.9. The van der Waals surface area contributed by atoms with Crippen LogP contribution in [-0.4, -0.2) is 28.6 Å². The number of carbonyl (C=O) groups excluding carboxylic acids is 1. The summed E-state index contributed by atoms with van der Waals surface area (Å²) in [5, 5.41) is 22.4. The number of amides is 1. The highest BCUT2D eigenvalue weighted by Gasteiger charge is 2.19. The Balaban J connectivity index is 2.72. The van der Waals surface area contributed by atoms with Crippen molar-refractivity contribution in [1.29, 1.82) is 0 Å². The summed E-state index contributed by atoms with van der Waals surface area (Å²) in [6.45, 7) is 2.12. The second-order valence-corrected chi connectivity index (χ2v) is 4.38. The van der Waals surface area contributed by atoms with Crippen LogP contribution in [0, 0.1) is 10.1 Å². The van der Waals surface area contributed by atoms with Crippen molar-refractivity contribution in [1.82, 2.24) is 5.32 Å². The predicted octanol–water partition coefficient (Wildman–Crippen LogP) is 2.14. The quantitative estimate of drug-likeness (QED) is 0.619. The van der Waals surface area contributed by atoms with Crippen molar-refractivity contribution in [3.05, 3.63) is 38.9 Å². The number of halogens is 1. The molecule has 1 aromatic rings. The van der Waals surface area contributed by atoms with Crippen LogP contribution in [0.15, 0.2) is 18.2 Å². The lowest BCUT2D eigenvalue weighted by Gasteiger charge is -2.09. The Kier molecular flexibility index (Phi) is 5.72. The molecule has 1 amide bonds. The summed E-state index contributed by atoms with van der Waals surface area (Å²) in [4.78, 5) is 21.9. The molecule has 1 rings (SSSR count). The lowest BCUT2D eigenvalue weighted by atomic mass is 10.1. The van der Waals surface area contributed by atoms with Gasteiger partial charge in [0.2, 0.25) is 0 Å². The molecule has 0 saturated carbocycles. The van der Waals surface area contributed by atoms with E-state index in [-0.39, 0.29) is 22.8 Å². The number of nitro groups is 1. The van der Waals surface area contributed by atoms with Crippen molar-refractivity contribution in [2.75, 3.05) is 6.54 Å². The van der Waals surface area contributed by atoms with Crippen molar-refractivity contribution >= 4 is 23.2 Å². The fraction of sp³-hybridized carbons (Fsp3) is 0.417. The van der Waals surface area contributed by atoms with Crippen LogP contribution >= 0.6 is 11.6 Å². The first-order chi connectivity index (χ1) is 8.97. The van der Waals surface area contributed by atoms with Gasteiger partial charge in [-0.2, -0.15) is 0 Å². The van der Waals surface area contributed by atoms with Crippen LogP contribution in [0.2, 0.25) is 5.02 Å². The molecular formula is C12H15ClN2O4. The summed E-state index contributed by atoms with van der Waals surface area (Å²) in [5.41, 5.74) is -0.246. The highest BCUT2D eigenvalue weighted by Crippen LogP contribution is 2.27. The van der Waals surface area contributed by atoms with Gasteiger partial charge in [-0.15, -0.1) is 0 Å². The molecule has 0 heterocycles. The maximum atomic E-state index is 11.8. The summed E-state index contributed by atoms with van der Waals surface area (Å²) in [6.07, 6.45) is 0.559. The highest BCUT2D eigenvalue weighted by molar-refractivity contribution is 6.35. The van der Waals surface area contributed by atoms with Gasteiger partial charge in [0.05, 0.1) is 16.6 Å². The maximum Gasteiger partial charge on any atom is 0.288 e. The number of aliphatic hydroxyl groups is 1. The maximum absolute atomic E-state index is 11.8. The molecule has 0 aliphatic carbocycles. The third kappa shape index (κ3) is 4.18. The first-order valence-corrected chi connectivity index (χ1v) is 6.24.